The zero-order valence-corrected chi connectivity index (χ0v) is 13.1. The van der Waals surface area contributed by atoms with Crippen LogP contribution in [-0.2, 0) is 0 Å². The van der Waals surface area contributed by atoms with Gasteiger partial charge < -0.3 is 16.2 Å². The number of pyridine rings is 2. The highest BCUT2D eigenvalue weighted by Gasteiger charge is 2.07. The molecular formula is C16H16N4OS. The first-order valence-corrected chi connectivity index (χ1v) is 7.52. The average Bonchev–Trinajstić information content (AvgIpc) is 2.48. The smallest absolute Gasteiger partial charge is 0.163 e. The minimum Gasteiger partial charge on any atom is -0.496 e. The van der Waals surface area contributed by atoms with Crippen LogP contribution in [0.15, 0.2) is 46.3 Å². The van der Waals surface area contributed by atoms with Crippen molar-refractivity contribution in [1.29, 1.82) is 0 Å². The third-order valence-electron chi connectivity index (χ3n) is 3.29. The molecule has 0 saturated carbocycles. The van der Waals surface area contributed by atoms with E-state index in [4.69, 9.17) is 16.2 Å². The highest BCUT2D eigenvalue weighted by atomic mass is 32.2. The van der Waals surface area contributed by atoms with E-state index >= 15 is 0 Å². The summed E-state index contributed by atoms with van der Waals surface area (Å²) in [6.07, 6.45) is 1.78. The van der Waals surface area contributed by atoms with Gasteiger partial charge in [0.2, 0.25) is 0 Å². The van der Waals surface area contributed by atoms with Crippen molar-refractivity contribution >= 4 is 34.3 Å². The number of hydrogen-bond acceptors (Lipinski definition) is 6. The lowest BCUT2D eigenvalue weighted by molar-refractivity contribution is 0.411. The first-order chi connectivity index (χ1) is 10.6. The fourth-order valence-electron chi connectivity index (χ4n) is 2.24. The largest absolute Gasteiger partial charge is 0.496 e. The second-order valence-electron chi connectivity index (χ2n) is 4.91. The monoisotopic (exact) mass is 312 g/mol. The van der Waals surface area contributed by atoms with E-state index in [2.05, 4.69) is 16.0 Å². The van der Waals surface area contributed by atoms with Crippen molar-refractivity contribution in [2.75, 3.05) is 18.6 Å². The van der Waals surface area contributed by atoms with Crippen LogP contribution in [0.25, 0.3) is 11.0 Å². The molecule has 6 heteroatoms. The van der Waals surface area contributed by atoms with Gasteiger partial charge in [-0.15, -0.1) is 0 Å². The number of benzene rings is 1. The van der Waals surface area contributed by atoms with Gasteiger partial charge in [0, 0.05) is 33.1 Å². The Morgan fingerprint density at radius 2 is 1.91 bits per heavy atom. The lowest BCUT2D eigenvalue weighted by Gasteiger charge is -2.08. The first kappa shape index (κ1) is 14.5. The number of hydrogen-bond donors (Lipinski definition) is 2. The normalized spacial score (nSPS) is 10.8. The fraction of sp³-hybridized carbons (Fsp3) is 0.125. The minimum atomic E-state index is 0.378. The van der Waals surface area contributed by atoms with Crippen molar-refractivity contribution < 1.29 is 4.74 Å². The van der Waals surface area contributed by atoms with Crippen LogP contribution in [-0.4, -0.2) is 17.1 Å². The van der Waals surface area contributed by atoms with Gasteiger partial charge in [-0.25, -0.2) is 9.97 Å². The van der Waals surface area contributed by atoms with E-state index in [1.807, 2.05) is 25.1 Å². The quantitative estimate of drug-likeness (QED) is 0.772. The Kier molecular flexibility index (Phi) is 3.77. The zero-order valence-electron chi connectivity index (χ0n) is 12.3. The van der Waals surface area contributed by atoms with Gasteiger partial charge in [-0.1, -0.05) is 11.8 Å². The topological polar surface area (TPSA) is 87.0 Å². The van der Waals surface area contributed by atoms with E-state index in [9.17, 15) is 0 Å². The Morgan fingerprint density at radius 1 is 1.09 bits per heavy atom. The van der Waals surface area contributed by atoms with Crippen LogP contribution in [0.3, 0.4) is 0 Å². The maximum Gasteiger partial charge on any atom is 0.163 e. The molecule has 2 heterocycles. The third-order valence-corrected chi connectivity index (χ3v) is 4.24. The van der Waals surface area contributed by atoms with Crippen LogP contribution in [0.4, 0.5) is 11.5 Å². The summed E-state index contributed by atoms with van der Waals surface area (Å²) >= 11 is 1.62. The summed E-state index contributed by atoms with van der Waals surface area (Å²) < 4.78 is 5.28. The molecule has 0 fully saturated rings. The summed E-state index contributed by atoms with van der Waals surface area (Å²) in [4.78, 5) is 10.6. The van der Waals surface area contributed by atoms with E-state index in [1.165, 1.54) is 0 Å². The van der Waals surface area contributed by atoms with Gasteiger partial charge in [-0.2, -0.15) is 0 Å². The Bertz CT molecular complexity index is 851. The fourth-order valence-corrected chi connectivity index (χ4v) is 3.16. The molecule has 5 nitrogen and oxygen atoms in total. The second-order valence-corrected chi connectivity index (χ2v) is 6.06. The molecule has 3 rings (SSSR count). The van der Waals surface area contributed by atoms with Crippen LogP contribution < -0.4 is 16.2 Å². The van der Waals surface area contributed by atoms with Gasteiger partial charge in [-0.3, -0.25) is 0 Å². The minimum absolute atomic E-state index is 0.378. The number of ether oxygens (including phenoxy) is 1. The lowest BCUT2D eigenvalue weighted by atomic mass is 10.2. The van der Waals surface area contributed by atoms with Crippen LogP contribution in [0.5, 0.6) is 5.75 Å². The number of nitrogens with two attached hydrogens (primary N) is 2. The molecule has 112 valence electrons. The zero-order chi connectivity index (χ0) is 15.7. The van der Waals surface area contributed by atoms with Gasteiger partial charge in [0.25, 0.3) is 0 Å². The summed E-state index contributed by atoms with van der Waals surface area (Å²) in [5, 5.41) is 0.810. The number of anilines is 2. The first-order valence-electron chi connectivity index (χ1n) is 6.71. The summed E-state index contributed by atoms with van der Waals surface area (Å²) in [6.45, 7) is 2.02. The number of nitrogen functional groups attached to an aromatic ring is 2. The van der Waals surface area contributed by atoms with E-state index in [0.29, 0.717) is 17.2 Å². The van der Waals surface area contributed by atoms with Gasteiger partial charge >= 0.3 is 0 Å². The molecule has 4 N–H and O–H groups in total. The molecule has 0 atom stereocenters. The Labute approximate surface area is 132 Å². The molecule has 22 heavy (non-hydrogen) atoms. The third kappa shape index (κ3) is 2.78. The van der Waals surface area contributed by atoms with Crippen LogP contribution in [0, 0.1) is 6.92 Å². The standard InChI is InChI=1S/C16H16N4OS/c1-9-5-10(3-4-14(9)21-2)22-11-6-12-13(17)7-15(18)20-16(12)19-8-11/h3-8H,1-2H3,(H4,17,18,19,20). The van der Waals surface area contributed by atoms with Crippen molar-refractivity contribution in [3.8, 4) is 5.75 Å². The summed E-state index contributed by atoms with van der Waals surface area (Å²) in [7, 11) is 1.67. The van der Waals surface area contributed by atoms with Crippen LogP contribution >= 0.6 is 11.8 Å². The molecule has 0 aliphatic rings. The maximum absolute atomic E-state index is 6.00. The predicted molar refractivity (Wildman–Crippen MR) is 90.2 cm³/mol. The number of methoxy groups -OCH3 is 1. The number of aryl methyl sites for hydroxylation is 1. The van der Waals surface area contributed by atoms with Gasteiger partial charge in [0.05, 0.1) is 7.11 Å². The van der Waals surface area contributed by atoms with E-state index < -0.39 is 0 Å². The SMILES string of the molecule is COc1ccc(Sc2cnc3nc(N)cc(N)c3c2)cc1C. The Hall–Kier alpha value is -2.47. The van der Waals surface area contributed by atoms with Crippen molar-refractivity contribution in [3.63, 3.8) is 0 Å². The molecule has 0 aliphatic heterocycles. The Balaban J connectivity index is 1.95. The van der Waals surface area contributed by atoms with E-state index in [0.717, 1.165) is 26.5 Å². The Morgan fingerprint density at radius 3 is 2.64 bits per heavy atom. The van der Waals surface area contributed by atoms with Gasteiger partial charge in [-0.05, 0) is 36.8 Å². The van der Waals surface area contributed by atoms with Crippen molar-refractivity contribution in [1.82, 2.24) is 9.97 Å². The van der Waals surface area contributed by atoms with Crippen molar-refractivity contribution in [2.24, 2.45) is 0 Å². The van der Waals surface area contributed by atoms with Gasteiger partial charge in [0.1, 0.15) is 11.6 Å². The number of fused-ring (bicyclic) bond motifs is 1. The second kappa shape index (κ2) is 5.73. The molecule has 0 aliphatic carbocycles. The lowest BCUT2D eigenvalue weighted by Crippen LogP contribution is -1.97. The molecule has 0 saturated heterocycles. The molecule has 0 bridgehead atoms. The summed E-state index contributed by atoms with van der Waals surface area (Å²) in [5.41, 5.74) is 13.9. The molecule has 3 aromatic rings. The summed E-state index contributed by atoms with van der Waals surface area (Å²) in [5.74, 6) is 1.26. The molecule has 0 amide bonds. The van der Waals surface area contributed by atoms with E-state index in [1.54, 1.807) is 31.1 Å². The molecule has 0 spiro atoms. The number of nitrogens with zero attached hydrogens (tertiary/aromatic N) is 2. The average molecular weight is 312 g/mol. The number of aromatic nitrogens is 2. The maximum atomic E-state index is 6.00. The van der Waals surface area contributed by atoms with Crippen molar-refractivity contribution in [2.45, 2.75) is 16.7 Å². The van der Waals surface area contributed by atoms with Crippen molar-refractivity contribution in [3.05, 3.63) is 42.1 Å². The molecular weight excluding hydrogens is 296 g/mol. The molecule has 1 aromatic carbocycles. The van der Waals surface area contributed by atoms with Crippen LogP contribution in [0.1, 0.15) is 5.56 Å². The highest BCUT2D eigenvalue weighted by Crippen LogP contribution is 2.33. The number of rotatable bonds is 3. The predicted octanol–water partition coefficient (Wildman–Crippen LogP) is 3.26. The molecule has 2 aromatic heterocycles. The molecule has 0 radical (unpaired) electrons. The summed E-state index contributed by atoms with van der Waals surface area (Å²) in [6, 6.07) is 9.69. The van der Waals surface area contributed by atoms with E-state index in [-0.39, 0.29) is 0 Å². The molecule has 0 unspecified atom stereocenters. The van der Waals surface area contributed by atoms with Gasteiger partial charge in [0.15, 0.2) is 5.65 Å². The highest BCUT2D eigenvalue weighted by molar-refractivity contribution is 7.99. The van der Waals surface area contributed by atoms with Crippen LogP contribution in [0.2, 0.25) is 0 Å².